The summed E-state index contributed by atoms with van der Waals surface area (Å²) >= 11 is 0. The van der Waals surface area contributed by atoms with Crippen LogP contribution in [0.2, 0.25) is 0 Å². The molecule has 2 aromatic rings. The molecule has 0 saturated heterocycles. The quantitative estimate of drug-likeness (QED) is 0.878. The van der Waals surface area contributed by atoms with Crippen molar-refractivity contribution in [2.75, 3.05) is 18.5 Å². The smallest absolute Gasteiger partial charge is 0.186 e. The average molecular weight is 289 g/mol. The molecule has 0 radical (unpaired) electrons. The first-order chi connectivity index (χ1) is 10.2. The Kier molecular flexibility index (Phi) is 5.09. The predicted octanol–water partition coefficient (Wildman–Crippen LogP) is 3.81. The van der Waals surface area contributed by atoms with E-state index in [9.17, 15) is 4.39 Å². The molecule has 112 valence electrons. The third kappa shape index (κ3) is 3.48. The van der Waals surface area contributed by atoms with Crippen LogP contribution < -0.4 is 10.1 Å². The zero-order valence-corrected chi connectivity index (χ0v) is 12.6. The highest BCUT2D eigenvalue weighted by molar-refractivity contribution is 5.65. The van der Waals surface area contributed by atoms with Gasteiger partial charge in [-0.05, 0) is 32.4 Å². The lowest BCUT2D eigenvalue weighted by Crippen LogP contribution is -2.08. The summed E-state index contributed by atoms with van der Waals surface area (Å²) in [6.45, 7) is 6.80. The minimum absolute atomic E-state index is 0.241. The highest BCUT2D eigenvalue weighted by atomic mass is 19.1. The summed E-state index contributed by atoms with van der Waals surface area (Å²) in [6.07, 6.45) is 0.896. The van der Waals surface area contributed by atoms with Crippen molar-refractivity contribution in [1.29, 1.82) is 0 Å². The van der Waals surface area contributed by atoms with E-state index in [0.717, 1.165) is 12.0 Å². The van der Waals surface area contributed by atoms with Crippen LogP contribution in [0.1, 0.15) is 26.0 Å². The zero-order valence-electron chi connectivity index (χ0n) is 12.6. The van der Waals surface area contributed by atoms with Crippen molar-refractivity contribution in [3.05, 3.63) is 35.8 Å². The molecule has 0 unspecified atom stereocenters. The molecule has 0 saturated carbocycles. The Morgan fingerprint density at radius 1 is 1.19 bits per heavy atom. The number of rotatable bonds is 6. The Labute approximate surface area is 124 Å². The van der Waals surface area contributed by atoms with Gasteiger partial charge in [0.2, 0.25) is 0 Å². The minimum Gasteiger partial charge on any atom is -0.493 e. The fourth-order valence-electron chi connectivity index (χ4n) is 1.97. The predicted molar refractivity (Wildman–Crippen MR) is 82.1 cm³/mol. The minimum atomic E-state index is -0.402. The fraction of sp³-hybridized carbons (Fsp3) is 0.375. The Hall–Kier alpha value is -2.17. The highest BCUT2D eigenvalue weighted by Crippen LogP contribution is 2.29. The van der Waals surface area contributed by atoms with E-state index in [2.05, 4.69) is 15.3 Å². The molecule has 0 spiro atoms. The molecule has 0 atom stereocenters. The molecule has 0 amide bonds. The van der Waals surface area contributed by atoms with E-state index in [4.69, 9.17) is 4.74 Å². The third-order valence-corrected chi connectivity index (χ3v) is 2.99. The molecule has 1 aromatic heterocycles. The number of nitrogens with one attached hydrogen (secondary N) is 1. The Morgan fingerprint density at radius 3 is 2.67 bits per heavy atom. The number of hydrogen-bond acceptors (Lipinski definition) is 4. The van der Waals surface area contributed by atoms with Crippen molar-refractivity contribution in [2.45, 2.75) is 27.2 Å². The van der Waals surface area contributed by atoms with Gasteiger partial charge in [0.25, 0.3) is 0 Å². The largest absolute Gasteiger partial charge is 0.493 e. The van der Waals surface area contributed by atoms with Gasteiger partial charge in [-0.25, -0.2) is 14.4 Å². The number of benzene rings is 1. The number of halogens is 1. The van der Waals surface area contributed by atoms with Crippen molar-refractivity contribution in [3.63, 3.8) is 0 Å². The standard InChI is InChI=1S/C16H20FN3O/c1-4-10-18-16-14(17)11(3)19-15(20-16)12-8-6-7-9-13(12)21-5-2/h6-9H,4-5,10H2,1-3H3,(H,18,19,20). The van der Waals surface area contributed by atoms with Gasteiger partial charge in [-0.15, -0.1) is 0 Å². The summed E-state index contributed by atoms with van der Waals surface area (Å²) in [5.74, 6) is 1.01. The van der Waals surface area contributed by atoms with Crippen LogP contribution in [0.4, 0.5) is 10.2 Å². The summed E-state index contributed by atoms with van der Waals surface area (Å²) in [7, 11) is 0. The first-order valence-corrected chi connectivity index (χ1v) is 7.17. The maximum Gasteiger partial charge on any atom is 0.186 e. The third-order valence-electron chi connectivity index (χ3n) is 2.99. The van der Waals surface area contributed by atoms with Gasteiger partial charge in [0, 0.05) is 6.54 Å². The Balaban J connectivity index is 2.46. The summed E-state index contributed by atoms with van der Waals surface area (Å²) in [5.41, 5.74) is 1.09. The van der Waals surface area contributed by atoms with Gasteiger partial charge in [0.1, 0.15) is 5.75 Å². The van der Waals surface area contributed by atoms with E-state index in [1.54, 1.807) is 6.92 Å². The normalized spacial score (nSPS) is 10.5. The Morgan fingerprint density at radius 2 is 1.95 bits per heavy atom. The molecule has 21 heavy (non-hydrogen) atoms. The molecule has 0 aliphatic carbocycles. The van der Waals surface area contributed by atoms with Crippen LogP contribution in [0.5, 0.6) is 5.75 Å². The topological polar surface area (TPSA) is 47.0 Å². The highest BCUT2D eigenvalue weighted by Gasteiger charge is 2.15. The average Bonchev–Trinajstić information content (AvgIpc) is 2.49. The first-order valence-electron chi connectivity index (χ1n) is 7.17. The van der Waals surface area contributed by atoms with E-state index in [1.165, 1.54) is 0 Å². The number of aryl methyl sites for hydroxylation is 1. The maximum atomic E-state index is 14.1. The summed E-state index contributed by atoms with van der Waals surface area (Å²) in [5, 5.41) is 3.00. The van der Waals surface area contributed by atoms with Crippen LogP contribution in [0.15, 0.2) is 24.3 Å². The van der Waals surface area contributed by atoms with Crippen molar-refractivity contribution >= 4 is 5.82 Å². The number of para-hydroxylation sites is 1. The van der Waals surface area contributed by atoms with E-state index in [1.807, 2.05) is 38.1 Å². The number of anilines is 1. The number of ether oxygens (including phenoxy) is 1. The molecule has 0 aliphatic rings. The molecular weight excluding hydrogens is 269 g/mol. The molecule has 0 fully saturated rings. The van der Waals surface area contributed by atoms with Crippen LogP contribution in [-0.4, -0.2) is 23.1 Å². The van der Waals surface area contributed by atoms with Gasteiger partial charge >= 0.3 is 0 Å². The van der Waals surface area contributed by atoms with E-state index >= 15 is 0 Å². The second-order valence-corrected chi connectivity index (χ2v) is 4.65. The van der Waals surface area contributed by atoms with Crippen molar-refractivity contribution in [1.82, 2.24) is 9.97 Å². The SMILES string of the molecule is CCCNc1nc(-c2ccccc2OCC)nc(C)c1F. The fourth-order valence-corrected chi connectivity index (χ4v) is 1.97. The van der Waals surface area contributed by atoms with Crippen LogP contribution >= 0.6 is 0 Å². The summed E-state index contributed by atoms with van der Waals surface area (Å²) in [4.78, 5) is 8.56. The van der Waals surface area contributed by atoms with E-state index < -0.39 is 5.82 Å². The monoisotopic (exact) mass is 289 g/mol. The van der Waals surface area contributed by atoms with Crippen LogP contribution in [0, 0.1) is 12.7 Å². The lowest BCUT2D eigenvalue weighted by Gasteiger charge is -2.12. The number of aromatic nitrogens is 2. The summed E-state index contributed by atoms with van der Waals surface area (Å²) < 4.78 is 19.6. The van der Waals surface area contributed by atoms with Gasteiger partial charge in [0.15, 0.2) is 17.5 Å². The summed E-state index contributed by atoms with van der Waals surface area (Å²) in [6, 6.07) is 7.52. The van der Waals surface area contributed by atoms with Crippen molar-refractivity contribution in [3.8, 4) is 17.1 Å². The zero-order chi connectivity index (χ0) is 15.2. The molecular formula is C16H20FN3O. The number of hydrogen-bond donors (Lipinski definition) is 1. The number of nitrogens with zero attached hydrogens (tertiary/aromatic N) is 2. The van der Waals surface area contributed by atoms with Gasteiger partial charge in [0.05, 0.1) is 17.9 Å². The van der Waals surface area contributed by atoms with Gasteiger partial charge in [-0.1, -0.05) is 19.1 Å². The lowest BCUT2D eigenvalue weighted by molar-refractivity contribution is 0.341. The van der Waals surface area contributed by atoms with E-state index in [-0.39, 0.29) is 5.82 Å². The molecule has 0 bridgehead atoms. The molecule has 1 heterocycles. The Bertz CT molecular complexity index is 616. The van der Waals surface area contributed by atoms with Crippen molar-refractivity contribution < 1.29 is 9.13 Å². The second-order valence-electron chi connectivity index (χ2n) is 4.65. The lowest BCUT2D eigenvalue weighted by atomic mass is 10.2. The van der Waals surface area contributed by atoms with Gasteiger partial charge in [-0.2, -0.15) is 0 Å². The molecule has 1 aromatic carbocycles. The molecule has 0 aliphatic heterocycles. The second kappa shape index (κ2) is 7.02. The van der Waals surface area contributed by atoms with Crippen LogP contribution in [0.25, 0.3) is 11.4 Å². The first kappa shape index (κ1) is 15.2. The van der Waals surface area contributed by atoms with Gasteiger partial charge < -0.3 is 10.1 Å². The van der Waals surface area contributed by atoms with Gasteiger partial charge in [-0.3, -0.25) is 0 Å². The van der Waals surface area contributed by atoms with Crippen molar-refractivity contribution in [2.24, 2.45) is 0 Å². The van der Waals surface area contributed by atoms with Crippen LogP contribution in [-0.2, 0) is 0 Å². The molecule has 4 nitrogen and oxygen atoms in total. The van der Waals surface area contributed by atoms with Crippen LogP contribution in [0.3, 0.4) is 0 Å². The molecule has 2 rings (SSSR count). The molecule has 1 N–H and O–H groups in total. The molecule has 5 heteroatoms. The maximum absolute atomic E-state index is 14.1. The van der Waals surface area contributed by atoms with E-state index in [0.29, 0.717) is 30.4 Å².